The monoisotopic (exact) mass is 313 g/mol. The van der Waals surface area contributed by atoms with Crippen LogP contribution in [0.5, 0.6) is 0 Å². The quantitative estimate of drug-likeness (QED) is 0.804. The Morgan fingerprint density at radius 1 is 1.13 bits per heavy atom. The van der Waals surface area contributed by atoms with Crippen molar-refractivity contribution >= 4 is 17.6 Å². The first-order valence-corrected chi connectivity index (χ1v) is 8.18. The second-order valence-electron chi connectivity index (χ2n) is 7.66. The number of Topliss-reactive ketones (excluding diaryl/α,β-unsaturated/α-hetero) is 1. The third-order valence-electron chi connectivity index (χ3n) is 6.53. The van der Waals surface area contributed by atoms with Gasteiger partial charge in [-0.3, -0.25) is 19.3 Å². The fraction of sp³-hybridized carbons (Fsp3) is 0.526. The van der Waals surface area contributed by atoms with Gasteiger partial charge in [0.25, 0.3) is 11.8 Å². The number of benzene rings is 1. The molecule has 0 N–H and O–H groups in total. The van der Waals surface area contributed by atoms with Crippen molar-refractivity contribution in [1.82, 2.24) is 4.90 Å². The van der Waals surface area contributed by atoms with E-state index in [0.717, 1.165) is 17.7 Å². The average Bonchev–Trinajstić information content (AvgIpc) is 2.89. The van der Waals surface area contributed by atoms with Crippen LogP contribution in [0.2, 0.25) is 0 Å². The predicted octanol–water partition coefficient (Wildman–Crippen LogP) is 3.31. The van der Waals surface area contributed by atoms with Crippen LogP contribution < -0.4 is 0 Å². The van der Waals surface area contributed by atoms with E-state index in [1.165, 1.54) is 0 Å². The number of nitrogens with zero attached hydrogens (tertiary/aromatic N) is 1. The van der Waals surface area contributed by atoms with Crippen LogP contribution in [0.1, 0.15) is 61.3 Å². The Morgan fingerprint density at radius 2 is 1.65 bits per heavy atom. The van der Waals surface area contributed by atoms with Crippen molar-refractivity contribution in [3.63, 3.8) is 0 Å². The van der Waals surface area contributed by atoms with Crippen LogP contribution in [0.3, 0.4) is 0 Å². The van der Waals surface area contributed by atoms with Crippen LogP contribution in [-0.2, 0) is 4.79 Å². The van der Waals surface area contributed by atoms with Crippen LogP contribution in [0, 0.1) is 16.7 Å². The summed E-state index contributed by atoms with van der Waals surface area (Å²) < 4.78 is 0. The van der Waals surface area contributed by atoms with Crippen LogP contribution >= 0.6 is 0 Å². The van der Waals surface area contributed by atoms with Crippen molar-refractivity contribution in [3.8, 4) is 0 Å². The smallest absolute Gasteiger partial charge is 0.261 e. The van der Waals surface area contributed by atoms with Gasteiger partial charge in [0.05, 0.1) is 17.7 Å². The summed E-state index contributed by atoms with van der Waals surface area (Å²) >= 11 is 0. The molecule has 1 saturated carbocycles. The minimum atomic E-state index is -0.498. The number of carbonyl (C=O) groups is 3. The number of amides is 2. The number of ketones is 1. The van der Waals surface area contributed by atoms with Crippen molar-refractivity contribution in [1.29, 1.82) is 0 Å². The molecule has 1 aromatic carbocycles. The first-order valence-electron chi connectivity index (χ1n) is 8.18. The van der Waals surface area contributed by atoms with Gasteiger partial charge < -0.3 is 0 Å². The molecule has 3 rings (SSSR count). The summed E-state index contributed by atoms with van der Waals surface area (Å²) in [7, 11) is 0. The maximum absolute atomic E-state index is 13.0. The highest BCUT2D eigenvalue weighted by Crippen LogP contribution is 2.56. The van der Waals surface area contributed by atoms with Crippen LogP contribution in [0.25, 0.3) is 0 Å². The second-order valence-corrected chi connectivity index (χ2v) is 7.66. The number of imide groups is 1. The molecule has 2 aliphatic rings. The maximum Gasteiger partial charge on any atom is 0.261 e. The lowest BCUT2D eigenvalue weighted by Crippen LogP contribution is -2.46. The predicted molar refractivity (Wildman–Crippen MR) is 87.1 cm³/mol. The van der Waals surface area contributed by atoms with Crippen LogP contribution in [-0.4, -0.2) is 29.0 Å². The van der Waals surface area contributed by atoms with Gasteiger partial charge in [-0.15, -0.1) is 0 Å². The number of rotatable bonds is 3. The average molecular weight is 313 g/mol. The van der Waals surface area contributed by atoms with Crippen molar-refractivity contribution in [3.05, 3.63) is 35.4 Å². The standard InChI is InChI=1S/C19H23NO3/c1-12-9-10-19(4,18(12,2)3)15(21)11-20-16(22)13-7-5-6-8-14(13)17(20)23/h5-8,12H,9-11H2,1-4H3/t12-,19-/m1/s1. The fourth-order valence-electron chi connectivity index (χ4n) is 3.93. The maximum atomic E-state index is 13.0. The van der Waals surface area contributed by atoms with Gasteiger partial charge in [-0.2, -0.15) is 0 Å². The Bertz CT molecular complexity index is 671. The molecule has 1 aliphatic carbocycles. The Kier molecular flexibility index (Phi) is 3.47. The van der Waals surface area contributed by atoms with Gasteiger partial charge in [-0.05, 0) is 36.3 Å². The van der Waals surface area contributed by atoms with Gasteiger partial charge in [0.1, 0.15) is 0 Å². The summed E-state index contributed by atoms with van der Waals surface area (Å²) in [5, 5.41) is 0. The molecular formula is C19H23NO3. The molecule has 0 spiro atoms. The highest BCUT2D eigenvalue weighted by Gasteiger charge is 2.54. The zero-order chi connectivity index (χ0) is 17.0. The minimum Gasteiger partial charge on any atom is -0.297 e. The lowest BCUT2D eigenvalue weighted by Gasteiger charge is -2.40. The molecule has 0 bridgehead atoms. The molecule has 4 nitrogen and oxygen atoms in total. The molecule has 1 aliphatic heterocycles. The molecular weight excluding hydrogens is 290 g/mol. The lowest BCUT2D eigenvalue weighted by atomic mass is 9.64. The van der Waals surface area contributed by atoms with E-state index in [1.54, 1.807) is 24.3 Å². The van der Waals surface area contributed by atoms with E-state index in [9.17, 15) is 14.4 Å². The zero-order valence-corrected chi connectivity index (χ0v) is 14.2. The molecule has 2 amide bonds. The van der Waals surface area contributed by atoms with E-state index >= 15 is 0 Å². The zero-order valence-electron chi connectivity index (χ0n) is 14.2. The largest absolute Gasteiger partial charge is 0.297 e. The molecule has 1 heterocycles. The number of hydrogen-bond acceptors (Lipinski definition) is 3. The molecule has 0 unspecified atom stereocenters. The molecule has 2 atom stereocenters. The Labute approximate surface area is 136 Å². The first-order chi connectivity index (χ1) is 10.7. The molecule has 0 radical (unpaired) electrons. The summed E-state index contributed by atoms with van der Waals surface area (Å²) in [5.74, 6) is -0.280. The highest BCUT2D eigenvalue weighted by atomic mass is 16.2. The third-order valence-corrected chi connectivity index (χ3v) is 6.53. The van der Waals surface area contributed by atoms with Crippen molar-refractivity contribution in [2.24, 2.45) is 16.7 Å². The highest BCUT2D eigenvalue weighted by molar-refractivity contribution is 6.22. The summed E-state index contributed by atoms with van der Waals surface area (Å²) in [5.41, 5.74) is 0.161. The van der Waals surface area contributed by atoms with E-state index in [4.69, 9.17) is 0 Å². The summed E-state index contributed by atoms with van der Waals surface area (Å²) in [6.45, 7) is 8.26. The van der Waals surface area contributed by atoms with Gasteiger partial charge in [0, 0.05) is 5.41 Å². The fourth-order valence-corrected chi connectivity index (χ4v) is 3.93. The van der Waals surface area contributed by atoms with E-state index in [2.05, 4.69) is 20.8 Å². The van der Waals surface area contributed by atoms with Crippen molar-refractivity contribution in [2.75, 3.05) is 6.54 Å². The van der Waals surface area contributed by atoms with E-state index in [-0.39, 0.29) is 29.6 Å². The lowest BCUT2D eigenvalue weighted by molar-refractivity contribution is -0.133. The SMILES string of the molecule is C[C@@H]1CC[C@](C)(C(=O)CN2C(=O)c3ccccc3C2=O)C1(C)C. The van der Waals surface area contributed by atoms with Gasteiger partial charge in [-0.25, -0.2) is 0 Å². The van der Waals surface area contributed by atoms with E-state index in [0.29, 0.717) is 17.0 Å². The van der Waals surface area contributed by atoms with Gasteiger partial charge in [0.2, 0.25) is 0 Å². The Hall–Kier alpha value is -1.97. The van der Waals surface area contributed by atoms with Gasteiger partial charge in [-0.1, -0.05) is 39.8 Å². The first kappa shape index (κ1) is 15.9. The van der Waals surface area contributed by atoms with Gasteiger partial charge >= 0.3 is 0 Å². The van der Waals surface area contributed by atoms with Crippen LogP contribution in [0.15, 0.2) is 24.3 Å². The normalized spacial score (nSPS) is 29.0. The van der Waals surface area contributed by atoms with Crippen molar-refractivity contribution in [2.45, 2.75) is 40.5 Å². The van der Waals surface area contributed by atoms with E-state index in [1.807, 2.05) is 6.92 Å². The number of carbonyl (C=O) groups excluding carboxylic acids is 3. The van der Waals surface area contributed by atoms with Crippen LogP contribution in [0.4, 0.5) is 0 Å². The summed E-state index contributed by atoms with van der Waals surface area (Å²) in [6, 6.07) is 6.75. The minimum absolute atomic E-state index is 0.0126. The Morgan fingerprint density at radius 3 is 2.09 bits per heavy atom. The molecule has 1 fully saturated rings. The number of fused-ring (bicyclic) bond motifs is 1. The molecule has 23 heavy (non-hydrogen) atoms. The van der Waals surface area contributed by atoms with Crippen molar-refractivity contribution < 1.29 is 14.4 Å². The second kappa shape index (κ2) is 5.02. The van der Waals surface area contributed by atoms with Gasteiger partial charge in [0.15, 0.2) is 5.78 Å². The molecule has 0 aromatic heterocycles. The summed E-state index contributed by atoms with van der Waals surface area (Å²) in [4.78, 5) is 39.0. The number of hydrogen-bond donors (Lipinski definition) is 0. The molecule has 122 valence electrons. The molecule has 0 saturated heterocycles. The molecule has 1 aromatic rings. The third kappa shape index (κ3) is 2.07. The molecule has 4 heteroatoms. The topological polar surface area (TPSA) is 54.5 Å². The van der Waals surface area contributed by atoms with E-state index < -0.39 is 5.41 Å². The summed E-state index contributed by atoms with van der Waals surface area (Å²) in [6.07, 6.45) is 1.81. The Balaban J connectivity index is 1.85.